The summed E-state index contributed by atoms with van der Waals surface area (Å²) in [7, 11) is -7.66. The highest BCUT2D eigenvalue weighted by Gasteiger charge is 2.27. The minimum atomic E-state index is -4.03. The largest absolute Gasteiger partial charge is 0.325 e. The summed E-state index contributed by atoms with van der Waals surface area (Å²) in [6, 6.07) is 20.3. The first-order chi connectivity index (χ1) is 16.6. The monoisotopic (exact) mass is 579 g/mol. The minimum Gasteiger partial charge on any atom is -0.325 e. The van der Waals surface area contributed by atoms with Gasteiger partial charge < -0.3 is 5.32 Å². The lowest BCUT2D eigenvalue weighted by Crippen LogP contribution is -2.38. The molecule has 0 spiro atoms. The Bertz CT molecular complexity index is 1380. The average molecular weight is 581 g/mol. The first kappa shape index (κ1) is 26.9. The molecule has 0 bridgehead atoms. The number of nitrogens with one attached hydrogen (secondary N) is 1. The number of anilines is 2. The lowest BCUT2D eigenvalue weighted by molar-refractivity contribution is -0.114. The van der Waals surface area contributed by atoms with Crippen molar-refractivity contribution < 1.29 is 21.6 Å². The third kappa shape index (κ3) is 6.29. The van der Waals surface area contributed by atoms with Gasteiger partial charge in [0.05, 0.1) is 15.5 Å². The third-order valence-corrected chi connectivity index (χ3v) is 9.54. The van der Waals surface area contributed by atoms with E-state index in [9.17, 15) is 21.6 Å². The molecule has 8 nitrogen and oxygen atoms in total. The fourth-order valence-corrected chi connectivity index (χ4v) is 6.70. The van der Waals surface area contributed by atoms with E-state index in [-0.39, 0.29) is 9.79 Å². The van der Waals surface area contributed by atoms with Crippen LogP contribution in [0.25, 0.3) is 0 Å². The van der Waals surface area contributed by atoms with Crippen molar-refractivity contribution in [3.8, 4) is 0 Å². The molecule has 1 amide bonds. The van der Waals surface area contributed by atoms with Gasteiger partial charge in [0, 0.05) is 23.2 Å². The number of sulfonamides is 2. The van der Waals surface area contributed by atoms with E-state index in [0.717, 1.165) is 4.31 Å². The zero-order valence-electron chi connectivity index (χ0n) is 19.3. The molecule has 0 saturated heterocycles. The zero-order chi connectivity index (χ0) is 25.6. The maximum Gasteiger partial charge on any atom is 0.264 e. The topological polar surface area (TPSA) is 104 Å². The zero-order valence-corrected chi connectivity index (χ0v) is 22.5. The van der Waals surface area contributed by atoms with Crippen LogP contribution < -0.4 is 9.62 Å². The van der Waals surface area contributed by atoms with Gasteiger partial charge in [0.2, 0.25) is 15.9 Å². The average Bonchev–Trinajstić information content (AvgIpc) is 2.84. The van der Waals surface area contributed by atoms with Gasteiger partial charge >= 0.3 is 0 Å². The molecule has 0 aliphatic carbocycles. The lowest BCUT2D eigenvalue weighted by atomic mass is 10.3. The second-order valence-corrected chi connectivity index (χ2v) is 12.2. The smallest absolute Gasteiger partial charge is 0.264 e. The fraction of sp³-hybridized carbons (Fsp3) is 0.208. The highest BCUT2D eigenvalue weighted by Crippen LogP contribution is 2.26. The van der Waals surface area contributed by atoms with Crippen LogP contribution in [0.1, 0.15) is 13.8 Å². The molecular weight excluding hydrogens is 554 g/mol. The summed E-state index contributed by atoms with van der Waals surface area (Å²) in [5, 5.41) is 2.65. The maximum absolute atomic E-state index is 13.4. The van der Waals surface area contributed by atoms with Crippen LogP contribution >= 0.6 is 15.9 Å². The molecule has 0 aliphatic rings. The van der Waals surface area contributed by atoms with Crippen molar-refractivity contribution in [1.82, 2.24) is 4.31 Å². The van der Waals surface area contributed by atoms with Gasteiger partial charge in [-0.25, -0.2) is 16.8 Å². The number of amides is 1. The van der Waals surface area contributed by atoms with Gasteiger partial charge in [-0.15, -0.1) is 0 Å². The van der Waals surface area contributed by atoms with E-state index in [2.05, 4.69) is 21.2 Å². The summed E-state index contributed by atoms with van der Waals surface area (Å²) in [5.74, 6) is -0.580. The number of nitrogens with zero attached hydrogens (tertiary/aromatic N) is 2. The number of carbonyl (C=O) groups is 1. The van der Waals surface area contributed by atoms with Crippen LogP contribution in [-0.2, 0) is 24.8 Å². The van der Waals surface area contributed by atoms with Crippen molar-refractivity contribution in [2.45, 2.75) is 23.6 Å². The Kier molecular flexibility index (Phi) is 8.70. The summed E-state index contributed by atoms with van der Waals surface area (Å²) in [4.78, 5) is 13.1. The molecule has 0 radical (unpaired) electrons. The predicted octanol–water partition coefficient (Wildman–Crippen LogP) is 4.31. The SMILES string of the molecule is CCN(CC)S(=O)(=O)c1ccc(NC(=O)CN(c2cccc(Br)c2)S(=O)(=O)c2ccccc2)cc1. The van der Waals surface area contributed by atoms with Crippen molar-refractivity contribution in [2.75, 3.05) is 29.3 Å². The summed E-state index contributed by atoms with van der Waals surface area (Å²) in [5.41, 5.74) is 0.666. The van der Waals surface area contributed by atoms with Gasteiger partial charge in [-0.05, 0) is 54.6 Å². The number of carbonyl (C=O) groups excluding carboxylic acids is 1. The van der Waals surface area contributed by atoms with E-state index in [1.807, 2.05) is 0 Å². The summed E-state index contributed by atoms with van der Waals surface area (Å²) in [6.07, 6.45) is 0. The van der Waals surface area contributed by atoms with Gasteiger partial charge in [-0.3, -0.25) is 9.10 Å². The summed E-state index contributed by atoms with van der Waals surface area (Å²) >= 11 is 3.34. The molecule has 11 heteroatoms. The Hall–Kier alpha value is -2.73. The van der Waals surface area contributed by atoms with Crippen LogP contribution in [0, 0.1) is 0 Å². The predicted molar refractivity (Wildman–Crippen MR) is 140 cm³/mol. The molecule has 0 heterocycles. The molecule has 3 aromatic carbocycles. The quantitative estimate of drug-likeness (QED) is 0.385. The Balaban J connectivity index is 1.85. The number of benzene rings is 3. The van der Waals surface area contributed by atoms with Crippen molar-refractivity contribution >= 4 is 53.3 Å². The molecule has 186 valence electrons. The van der Waals surface area contributed by atoms with Gasteiger partial charge in [-0.2, -0.15) is 4.31 Å². The lowest BCUT2D eigenvalue weighted by Gasteiger charge is -2.24. The van der Waals surface area contributed by atoms with E-state index in [0.29, 0.717) is 28.9 Å². The van der Waals surface area contributed by atoms with E-state index < -0.39 is 32.5 Å². The Morgan fingerprint density at radius 3 is 1.97 bits per heavy atom. The second kappa shape index (κ2) is 11.3. The molecule has 0 fully saturated rings. The molecule has 0 aromatic heterocycles. The van der Waals surface area contributed by atoms with E-state index >= 15 is 0 Å². The van der Waals surface area contributed by atoms with Crippen LogP contribution in [0.2, 0.25) is 0 Å². The van der Waals surface area contributed by atoms with Crippen LogP contribution in [0.15, 0.2) is 93.1 Å². The Morgan fingerprint density at radius 2 is 1.40 bits per heavy atom. The first-order valence-corrected chi connectivity index (χ1v) is 14.5. The van der Waals surface area contributed by atoms with Gasteiger partial charge in [0.25, 0.3) is 10.0 Å². The summed E-state index contributed by atoms with van der Waals surface area (Å²) in [6.45, 7) is 3.73. The molecule has 0 atom stereocenters. The maximum atomic E-state index is 13.4. The number of halogens is 1. The molecule has 0 saturated carbocycles. The van der Waals surface area contributed by atoms with Crippen molar-refractivity contribution in [3.63, 3.8) is 0 Å². The van der Waals surface area contributed by atoms with Crippen LogP contribution in [0.4, 0.5) is 11.4 Å². The van der Waals surface area contributed by atoms with Gasteiger partial charge in [0.1, 0.15) is 6.54 Å². The molecular formula is C24H26BrN3O5S2. The van der Waals surface area contributed by atoms with Crippen LogP contribution in [0.5, 0.6) is 0 Å². The van der Waals surface area contributed by atoms with Crippen molar-refractivity contribution in [1.29, 1.82) is 0 Å². The summed E-state index contributed by atoms with van der Waals surface area (Å²) < 4.78 is 55.1. The van der Waals surface area contributed by atoms with E-state index in [1.165, 1.54) is 40.7 Å². The Labute approximate surface area is 214 Å². The molecule has 0 unspecified atom stereocenters. The van der Waals surface area contributed by atoms with Crippen LogP contribution in [-0.4, -0.2) is 46.7 Å². The minimum absolute atomic E-state index is 0.0544. The number of hydrogen-bond donors (Lipinski definition) is 1. The normalized spacial score (nSPS) is 11.9. The second-order valence-electron chi connectivity index (χ2n) is 7.47. The molecule has 35 heavy (non-hydrogen) atoms. The van der Waals surface area contributed by atoms with E-state index in [4.69, 9.17) is 0 Å². The molecule has 1 N–H and O–H groups in total. The molecule has 0 aliphatic heterocycles. The standard InChI is InChI=1S/C24H26BrN3O5S2/c1-3-27(4-2)34(30,31)23-15-13-20(14-16-23)26-24(29)18-28(21-10-8-9-19(25)17-21)35(32,33)22-11-6-5-7-12-22/h5-17H,3-4,18H2,1-2H3,(H,26,29). The van der Waals surface area contributed by atoms with Gasteiger partial charge in [0.15, 0.2) is 0 Å². The molecule has 3 rings (SSSR count). The Morgan fingerprint density at radius 1 is 0.800 bits per heavy atom. The van der Waals surface area contributed by atoms with E-state index in [1.54, 1.807) is 56.3 Å². The van der Waals surface area contributed by atoms with Crippen molar-refractivity contribution in [3.05, 3.63) is 83.3 Å². The highest BCUT2D eigenvalue weighted by atomic mass is 79.9. The highest BCUT2D eigenvalue weighted by molar-refractivity contribution is 9.10. The first-order valence-electron chi connectivity index (χ1n) is 10.8. The van der Waals surface area contributed by atoms with Crippen molar-refractivity contribution in [2.24, 2.45) is 0 Å². The molecule has 3 aromatic rings. The van der Waals surface area contributed by atoms with Gasteiger partial charge in [-0.1, -0.05) is 54.0 Å². The fourth-order valence-electron chi connectivity index (χ4n) is 3.42. The number of hydrogen-bond acceptors (Lipinski definition) is 5. The number of rotatable bonds is 10. The third-order valence-electron chi connectivity index (χ3n) is 5.20. The van der Waals surface area contributed by atoms with Crippen LogP contribution in [0.3, 0.4) is 0 Å².